The van der Waals surface area contributed by atoms with E-state index in [2.05, 4.69) is 0 Å². The van der Waals surface area contributed by atoms with Crippen LogP contribution in [-0.2, 0) is 35.7 Å². The van der Waals surface area contributed by atoms with Crippen LogP contribution in [0.2, 0.25) is 6.04 Å². The molecule has 1 atom stereocenters. The second kappa shape index (κ2) is 13.3. The Bertz CT molecular complexity index is 334. The molecule has 0 aromatic carbocycles. The summed E-state index contributed by atoms with van der Waals surface area (Å²) in [7, 11) is -6.36. The Morgan fingerprint density at radius 1 is 0.808 bits per heavy atom. The van der Waals surface area contributed by atoms with Crippen LogP contribution in [0.5, 0.6) is 0 Å². The molecule has 0 bridgehead atoms. The topological polar surface area (TPSA) is 77.1 Å². The van der Waals surface area contributed by atoms with Crippen LogP contribution >= 0.6 is 0 Å². The lowest BCUT2D eigenvalue weighted by molar-refractivity contribution is -0.0229. The normalized spacial score (nSPS) is 17.7. The summed E-state index contributed by atoms with van der Waals surface area (Å²) in [5, 5.41) is 0. The lowest BCUT2D eigenvalue weighted by Gasteiger charge is -2.36. The van der Waals surface area contributed by atoms with Crippen LogP contribution in [0.15, 0.2) is 0 Å². The molecule has 1 rings (SSSR count). The SMILES string of the molecule is CCO[Si](CCCOCC1CO1)(OCC)O[Si](OCC)(OCC)OCC. The standard InChI is InChI=1S/C16H36O8Si2/c1-6-19-25(20-7-2,13-11-12-17-14-16-15-18-16)24-26(21-8-3,22-9-4)23-10-5/h16H,6-15H2,1-5H3. The highest BCUT2D eigenvalue weighted by Gasteiger charge is 2.56. The fourth-order valence-electron chi connectivity index (χ4n) is 2.44. The van der Waals surface area contributed by atoms with Crippen molar-refractivity contribution in [2.24, 2.45) is 0 Å². The molecule has 0 aliphatic carbocycles. The highest BCUT2D eigenvalue weighted by Crippen LogP contribution is 2.26. The van der Waals surface area contributed by atoms with E-state index in [1.165, 1.54) is 0 Å². The zero-order valence-electron chi connectivity index (χ0n) is 16.9. The van der Waals surface area contributed by atoms with Crippen LogP contribution in [0.3, 0.4) is 0 Å². The van der Waals surface area contributed by atoms with Gasteiger partial charge in [-0.1, -0.05) is 0 Å². The monoisotopic (exact) mass is 412 g/mol. The minimum Gasteiger partial charge on any atom is -0.379 e. The number of rotatable bonds is 18. The van der Waals surface area contributed by atoms with Crippen LogP contribution in [0, 0.1) is 0 Å². The van der Waals surface area contributed by atoms with E-state index in [0.29, 0.717) is 52.3 Å². The van der Waals surface area contributed by atoms with Gasteiger partial charge in [-0.2, -0.15) is 0 Å². The van der Waals surface area contributed by atoms with Gasteiger partial charge in [0.2, 0.25) is 0 Å². The molecule has 1 fully saturated rings. The van der Waals surface area contributed by atoms with Gasteiger partial charge in [0.05, 0.1) is 13.2 Å². The minimum absolute atomic E-state index is 0.265. The predicted octanol–water partition coefficient (Wildman–Crippen LogP) is 2.37. The van der Waals surface area contributed by atoms with Crippen molar-refractivity contribution in [3.8, 4) is 0 Å². The summed E-state index contributed by atoms with van der Waals surface area (Å²) in [6.07, 6.45) is 1.02. The maximum absolute atomic E-state index is 6.35. The molecule has 10 heteroatoms. The highest BCUT2D eigenvalue weighted by molar-refractivity contribution is 6.72. The largest absolute Gasteiger partial charge is 0.672 e. The average Bonchev–Trinajstić information content (AvgIpc) is 3.40. The van der Waals surface area contributed by atoms with Crippen LogP contribution < -0.4 is 0 Å². The Hall–Kier alpha value is 0.114. The second-order valence-corrected chi connectivity index (χ2v) is 10.7. The number of hydrogen-bond acceptors (Lipinski definition) is 8. The third-order valence-corrected chi connectivity index (χ3v) is 10.0. The summed E-state index contributed by atoms with van der Waals surface area (Å²) in [6, 6.07) is 0.613. The summed E-state index contributed by atoms with van der Waals surface area (Å²) in [5.74, 6) is 0. The Morgan fingerprint density at radius 3 is 1.73 bits per heavy atom. The van der Waals surface area contributed by atoms with E-state index in [4.69, 9.17) is 35.7 Å². The first kappa shape index (κ1) is 24.2. The average molecular weight is 413 g/mol. The van der Waals surface area contributed by atoms with Gasteiger partial charge in [-0.15, -0.1) is 0 Å². The molecular weight excluding hydrogens is 376 g/mol. The van der Waals surface area contributed by atoms with Crippen molar-refractivity contribution in [3.63, 3.8) is 0 Å². The third-order valence-electron chi connectivity index (χ3n) is 3.45. The first-order valence-corrected chi connectivity index (χ1v) is 13.2. The zero-order valence-corrected chi connectivity index (χ0v) is 18.9. The van der Waals surface area contributed by atoms with Gasteiger partial charge in [0.15, 0.2) is 0 Å². The molecule has 0 amide bonds. The van der Waals surface area contributed by atoms with Gasteiger partial charge in [0, 0.05) is 45.7 Å². The van der Waals surface area contributed by atoms with Crippen molar-refractivity contribution >= 4 is 17.9 Å². The molecule has 0 aromatic heterocycles. The second-order valence-electron chi connectivity index (χ2n) is 5.58. The first-order valence-electron chi connectivity index (χ1n) is 9.68. The van der Waals surface area contributed by atoms with Gasteiger partial charge in [-0.05, 0) is 41.0 Å². The van der Waals surface area contributed by atoms with Crippen molar-refractivity contribution in [3.05, 3.63) is 0 Å². The summed E-state index contributed by atoms with van der Waals surface area (Å²) in [5.41, 5.74) is 0. The van der Waals surface area contributed by atoms with Crippen molar-refractivity contribution in [2.75, 3.05) is 52.9 Å². The molecule has 1 saturated heterocycles. The molecule has 1 aliphatic heterocycles. The Balaban J connectivity index is 2.76. The van der Waals surface area contributed by atoms with E-state index < -0.39 is 17.9 Å². The molecule has 0 spiro atoms. The minimum atomic E-state index is -3.33. The Morgan fingerprint density at radius 2 is 1.31 bits per heavy atom. The van der Waals surface area contributed by atoms with Crippen LogP contribution in [-0.4, -0.2) is 76.8 Å². The molecule has 0 saturated carbocycles. The number of ether oxygens (including phenoxy) is 2. The van der Waals surface area contributed by atoms with Crippen molar-refractivity contribution in [1.29, 1.82) is 0 Å². The van der Waals surface area contributed by atoms with Crippen molar-refractivity contribution in [2.45, 2.75) is 53.2 Å². The Labute approximate surface area is 160 Å². The van der Waals surface area contributed by atoms with Gasteiger partial charge in [-0.25, -0.2) is 0 Å². The number of hydrogen-bond donors (Lipinski definition) is 0. The smallest absolute Gasteiger partial charge is 0.379 e. The van der Waals surface area contributed by atoms with E-state index in [1.54, 1.807) is 0 Å². The van der Waals surface area contributed by atoms with E-state index >= 15 is 0 Å². The quantitative estimate of drug-likeness (QED) is 0.193. The van der Waals surface area contributed by atoms with E-state index in [0.717, 1.165) is 13.0 Å². The van der Waals surface area contributed by atoms with Crippen LogP contribution in [0.1, 0.15) is 41.0 Å². The predicted molar refractivity (Wildman–Crippen MR) is 101 cm³/mol. The third kappa shape index (κ3) is 8.87. The van der Waals surface area contributed by atoms with E-state index in [-0.39, 0.29) is 6.10 Å². The molecular formula is C16H36O8Si2. The molecule has 0 radical (unpaired) electrons. The molecule has 1 unspecified atom stereocenters. The molecule has 1 heterocycles. The van der Waals surface area contributed by atoms with Crippen molar-refractivity contribution in [1.82, 2.24) is 0 Å². The van der Waals surface area contributed by atoms with Crippen LogP contribution in [0.4, 0.5) is 0 Å². The van der Waals surface area contributed by atoms with Gasteiger partial charge in [0.25, 0.3) is 0 Å². The summed E-state index contributed by atoms with van der Waals surface area (Å²) < 4.78 is 46.6. The molecule has 8 nitrogen and oxygen atoms in total. The van der Waals surface area contributed by atoms with Gasteiger partial charge in [-0.3, -0.25) is 0 Å². The van der Waals surface area contributed by atoms with Gasteiger partial charge < -0.3 is 35.7 Å². The lowest BCUT2D eigenvalue weighted by atomic mass is 10.5. The molecule has 0 aromatic rings. The zero-order chi connectivity index (χ0) is 19.3. The summed E-state index contributed by atoms with van der Waals surface area (Å²) in [4.78, 5) is 0. The van der Waals surface area contributed by atoms with E-state index in [1.807, 2.05) is 34.6 Å². The van der Waals surface area contributed by atoms with Crippen molar-refractivity contribution < 1.29 is 35.7 Å². The summed E-state index contributed by atoms with van der Waals surface area (Å²) >= 11 is 0. The lowest BCUT2D eigenvalue weighted by Crippen LogP contribution is -2.60. The van der Waals surface area contributed by atoms with Gasteiger partial charge in [0.1, 0.15) is 6.10 Å². The Kier molecular flexibility index (Phi) is 12.4. The molecule has 1 aliphatic rings. The highest BCUT2D eigenvalue weighted by atomic mass is 28.5. The maximum Gasteiger partial charge on any atom is 0.672 e. The number of epoxide rings is 1. The molecule has 0 N–H and O–H groups in total. The first-order chi connectivity index (χ1) is 12.6. The van der Waals surface area contributed by atoms with E-state index in [9.17, 15) is 0 Å². The summed E-state index contributed by atoms with van der Waals surface area (Å²) in [6.45, 7) is 13.8. The molecule has 156 valence electrons. The fourth-order valence-corrected chi connectivity index (χ4v) is 8.69. The fraction of sp³-hybridized carbons (Fsp3) is 1.00. The maximum atomic E-state index is 6.35. The molecule has 26 heavy (non-hydrogen) atoms. The van der Waals surface area contributed by atoms with Gasteiger partial charge >= 0.3 is 17.9 Å². The van der Waals surface area contributed by atoms with Crippen LogP contribution in [0.25, 0.3) is 0 Å².